The monoisotopic (exact) mass is 715 g/mol. The Hall–Kier alpha value is -7.63. The fourth-order valence-corrected chi connectivity index (χ4v) is 7.41. The van der Waals surface area contributed by atoms with Crippen LogP contribution in [0, 0.1) is 0 Å². The van der Waals surface area contributed by atoms with E-state index >= 15 is 0 Å². The quantitative estimate of drug-likeness (QED) is 0.154. The molecular weight excluding hydrogens is 683 g/mol. The van der Waals surface area contributed by atoms with Gasteiger partial charge in [-0.25, -0.2) is 24.9 Å². The van der Waals surface area contributed by atoms with Crippen LogP contribution in [-0.2, 0) is 0 Å². The third-order valence-corrected chi connectivity index (χ3v) is 10.3. The number of fused-ring (bicyclic) bond motifs is 3. The molecule has 0 spiro atoms. The highest BCUT2D eigenvalue weighted by atomic mass is 15.0. The van der Waals surface area contributed by atoms with Crippen LogP contribution in [-0.4, -0.2) is 24.9 Å². The molecule has 262 valence electrons. The van der Waals surface area contributed by atoms with Crippen molar-refractivity contribution in [3.63, 3.8) is 0 Å². The molecule has 10 rings (SSSR count). The Kier molecular flexibility index (Phi) is 8.43. The molecule has 0 atom stereocenters. The molecule has 8 aromatic carbocycles. The van der Waals surface area contributed by atoms with Gasteiger partial charge in [0.25, 0.3) is 0 Å². The molecule has 5 heteroatoms. The Morgan fingerprint density at radius 3 is 1.27 bits per heavy atom. The normalized spacial score (nSPS) is 11.2. The molecule has 0 fully saturated rings. The predicted molar refractivity (Wildman–Crippen MR) is 228 cm³/mol. The van der Waals surface area contributed by atoms with E-state index < -0.39 is 0 Å². The minimum absolute atomic E-state index is 0.574. The van der Waals surface area contributed by atoms with Crippen molar-refractivity contribution in [1.29, 1.82) is 0 Å². The molecule has 2 heterocycles. The van der Waals surface area contributed by atoms with Crippen LogP contribution >= 0.6 is 0 Å². The van der Waals surface area contributed by atoms with Gasteiger partial charge in [0.15, 0.2) is 23.3 Å². The molecule has 0 bridgehead atoms. The Morgan fingerprint density at radius 2 is 0.679 bits per heavy atom. The van der Waals surface area contributed by atoms with Crippen LogP contribution < -0.4 is 0 Å². The van der Waals surface area contributed by atoms with Crippen LogP contribution in [0.25, 0.3) is 100 Å². The van der Waals surface area contributed by atoms with E-state index in [2.05, 4.69) is 164 Å². The summed E-state index contributed by atoms with van der Waals surface area (Å²) in [5.41, 5.74) is 10.1. The molecule has 56 heavy (non-hydrogen) atoms. The molecule has 0 saturated carbocycles. The first kappa shape index (κ1) is 33.0. The van der Waals surface area contributed by atoms with Gasteiger partial charge in [-0.05, 0) is 55.4 Å². The van der Waals surface area contributed by atoms with Crippen LogP contribution in [0.4, 0.5) is 0 Å². The lowest BCUT2D eigenvalue weighted by Crippen LogP contribution is -2.01. The van der Waals surface area contributed by atoms with E-state index in [4.69, 9.17) is 24.9 Å². The Balaban J connectivity index is 1.06. The van der Waals surface area contributed by atoms with E-state index in [1.165, 1.54) is 10.8 Å². The summed E-state index contributed by atoms with van der Waals surface area (Å²) in [6.07, 6.45) is 3.80. The summed E-state index contributed by atoms with van der Waals surface area (Å²) in [6, 6.07) is 64.8. The minimum Gasteiger partial charge on any atom is -0.236 e. The maximum Gasteiger partial charge on any atom is 0.164 e. The zero-order valence-electron chi connectivity index (χ0n) is 30.3. The van der Waals surface area contributed by atoms with Crippen molar-refractivity contribution in [1.82, 2.24) is 24.9 Å². The number of aromatic nitrogens is 5. The molecule has 0 radical (unpaired) electrons. The average molecular weight is 716 g/mol. The van der Waals surface area contributed by atoms with Gasteiger partial charge in [0, 0.05) is 40.2 Å². The van der Waals surface area contributed by atoms with Crippen molar-refractivity contribution < 1.29 is 0 Å². The summed E-state index contributed by atoms with van der Waals surface area (Å²) in [5.74, 6) is 2.45. The molecule has 0 unspecified atom stereocenters. The van der Waals surface area contributed by atoms with Gasteiger partial charge in [-0.2, -0.15) is 0 Å². The Morgan fingerprint density at radius 1 is 0.250 bits per heavy atom. The number of hydrogen-bond donors (Lipinski definition) is 0. The summed E-state index contributed by atoms with van der Waals surface area (Å²) in [4.78, 5) is 25.2. The largest absolute Gasteiger partial charge is 0.236 e. The van der Waals surface area contributed by atoms with Crippen molar-refractivity contribution in [3.8, 4) is 78.9 Å². The number of nitrogens with zero attached hydrogens (tertiary/aromatic N) is 5. The fraction of sp³-hybridized carbons (Fsp3) is 0. The Labute approximate surface area is 324 Å². The second kappa shape index (κ2) is 14.3. The first-order valence-corrected chi connectivity index (χ1v) is 18.7. The predicted octanol–water partition coefficient (Wildman–Crippen LogP) is 12.6. The lowest BCUT2D eigenvalue weighted by molar-refractivity contribution is 1.07. The minimum atomic E-state index is 0.574. The van der Waals surface area contributed by atoms with Crippen molar-refractivity contribution >= 4 is 21.5 Å². The molecule has 0 saturated heterocycles. The molecule has 5 nitrogen and oxygen atoms in total. The van der Waals surface area contributed by atoms with E-state index in [9.17, 15) is 0 Å². The first-order valence-electron chi connectivity index (χ1n) is 18.7. The van der Waals surface area contributed by atoms with Crippen LogP contribution in [0.3, 0.4) is 0 Å². The van der Waals surface area contributed by atoms with E-state index in [-0.39, 0.29) is 0 Å². The van der Waals surface area contributed by atoms with Gasteiger partial charge in [0.05, 0.1) is 0 Å². The second-order valence-corrected chi connectivity index (χ2v) is 13.7. The molecule has 10 aromatic rings. The molecule has 0 aliphatic carbocycles. The molecule has 0 aliphatic rings. The summed E-state index contributed by atoms with van der Waals surface area (Å²) in [5, 5.41) is 4.68. The smallest absolute Gasteiger partial charge is 0.164 e. The first-order chi connectivity index (χ1) is 27.7. The zero-order valence-corrected chi connectivity index (χ0v) is 30.3. The number of benzene rings is 8. The molecule has 0 N–H and O–H groups in total. The summed E-state index contributed by atoms with van der Waals surface area (Å²) >= 11 is 0. The zero-order chi connectivity index (χ0) is 37.3. The highest BCUT2D eigenvalue weighted by Gasteiger charge is 2.17. The van der Waals surface area contributed by atoms with Gasteiger partial charge in [0.1, 0.15) is 0 Å². The fourth-order valence-electron chi connectivity index (χ4n) is 7.41. The molecular formula is C51H33N5. The van der Waals surface area contributed by atoms with Crippen LogP contribution in [0.1, 0.15) is 0 Å². The summed E-state index contributed by atoms with van der Waals surface area (Å²) < 4.78 is 0. The van der Waals surface area contributed by atoms with E-state index in [1.807, 2.05) is 36.7 Å². The van der Waals surface area contributed by atoms with Gasteiger partial charge < -0.3 is 0 Å². The lowest BCUT2D eigenvalue weighted by Gasteiger charge is -2.13. The maximum absolute atomic E-state index is 5.12. The lowest BCUT2D eigenvalue weighted by atomic mass is 9.96. The van der Waals surface area contributed by atoms with Gasteiger partial charge in [-0.15, -0.1) is 0 Å². The van der Waals surface area contributed by atoms with Crippen LogP contribution in [0.5, 0.6) is 0 Å². The van der Waals surface area contributed by atoms with Crippen LogP contribution in [0.2, 0.25) is 0 Å². The standard InChI is InChI=1S/C51H33N5/c1-3-13-34(14-4-1)36-23-27-38(28-24-36)48-54-49(39-29-25-37(26-30-39)35-15-5-2-6-16-35)56-51(55-48)46-22-12-9-19-43(46)41-32-52-50(53-33-41)47-31-40-17-7-8-18-42(40)44-20-10-11-21-45(44)47/h1-33H. The highest BCUT2D eigenvalue weighted by molar-refractivity contribution is 6.13. The van der Waals surface area contributed by atoms with Crippen molar-refractivity contribution in [3.05, 3.63) is 200 Å². The molecule has 0 amide bonds. The van der Waals surface area contributed by atoms with Crippen LogP contribution in [0.15, 0.2) is 200 Å². The van der Waals surface area contributed by atoms with Gasteiger partial charge >= 0.3 is 0 Å². The number of hydrogen-bond acceptors (Lipinski definition) is 5. The Bertz CT molecular complexity index is 2880. The SMILES string of the molecule is c1ccc(-c2ccc(-c3nc(-c4ccc(-c5ccccc5)cc4)nc(-c4ccccc4-c4cnc(-c5cc6ccccc6c6ccccc56)nc4)n3)cc2)cc1. The van der Waals surface area contributed by atoms with E-state index in [0.717, 1.165) is 66.4 Å². The number of rotatable bonds is 7. The molecule has 2 aromatic heterocycles. The maximum atomic E-state index is 5.12. The van der Waals surface area contributed by atoms with E-state index in [0.29, 0.717) is 23.3 Å². The van der Waals surface area contributed by atoms with Crippen molar-refractivity contribution in [2.45, 2.75) is 0 Å². The molecule has 0 aliphatic heterocycles. The average Bonchev–Trinajstić information content (AvgIpc) is 3.29. The topological polar surface area (TPSA) is 64.5 Å². The van der Waals surface area contributed by atoms with Gasteiger partial charge in [-0.1, -0.05) is 182 Å². The second-order valence-electron chi connectivity index (χ2n) is 13.7. The summed E-state index contributed by atoms with van der Waals surface area (Å²) in [7, 11) is 0. The highest BCUT2D eigenvalue weighted by Crippen LogP contribution is 2.36. The van der Waals surface area contributed by atoms with Gasteiger partial charge in [-0.3, -0.25) is 0 Å². The van der Waals surface area contributed by atoms with Crippen molar-refractivity contribution in [2.24, 2.45) is 0 Å². The van der Waals surface area contributed by atoms with Crippen molar-refractivity contribution in [2.75, 3.05) is 0 Å². The summed E-state index contributed by atoms with van der Waals surface area (Å²) in [6.45, 7) is 0. The van der Waals surface area contributed by atoms with Gasteiger partial charge in [0.2, 0.25) is 0 Å². The third kappa shape index (κ3) is 6.27. The van der Waals surface area contributed by atoms with E-state index in [1.54, 1.807) is 0 Å². The third-order valence-electron chi connectivity index (χ3n) is 10.3.